The molecule has 1 aliphatic heterocycles. The molecule has 1 aromatic carbocycles. The van der Waals surface area contributed by atoms with Crippen molar-refractivity contribution in [1.29, 1.82) is 0 Å². The summed E-state index contributed by atoms with van der Waals surface area (Å²) in [6.45, 7) is 4.52. The van der Waals surface area contributed by atoms with Gasteiger partial charge in [0.2, 0.25) is 5.90 Å². The summed E-state index contributed by atoms with van der Waals surface area (Å²) in [6.07, 6.45) is 0. The molecule has 0 N–H and O–H groups in total. The molecule has 16 heavy (non-hydrogen) atoms. The molecule has 3 rings (SSSR count). The van der Waals surface area contributed by atoms with Gasteiger partial charge in [-0.3, -0.25) is 0 Å². The van der Waals surface area contributed by atoms with Crippen LogP contribution in [-0.4, -0.2) is 15.9 Å². The molecule has 3 atom stereocenters. The van der Waals surface area contributed by atoms with Crippen LogP contribution in [0, 0.1) is 5.92 Å². The number of aliphatic imine (C=N–C) groups is 1. The van der Waals surface area contributed by atoms with Gasteiger partial charge >= 0.3 is 0 Å². The molecule has 3 unspecified atom stereocenters. The molecule has 1 fully saturated rings. The minimum atomic E-state index is 0.0626. The largest absolute Gasteiger partial charge is 0.442 e. The Morgan fingerprint density at radius 1 is 1.44 bits per heavy atom. The number of ether oxygens (including phenoxy) is 1. The van der Waals surface area contributed by atoms with Crippen molar-refractivity contribution in [1.82, 2.24) is 0 Å². The van der Waals surface area contributed by atoms with Crippen molar-refractivity contribution < 1.29 is 4.74 Å². The first-order valence-corrected chi connectivity index (χ1v) is 7.11. The molecule has 84 valence electrons. The molecular weight excluding hydrogens is 313 g/mol. The Hall–Kier alpha value is -0.580. The van der Waals surface area contributed by atoms with Crippen LogP contribution in [0.25, 0.3) is 0 Å². The number of alkyl halides is 1. The van der Waals surface area contributed by atoms with E-state index in [2.05, 4.69) is 48.6 Å². The van der Waals surface area contributed by atoms with Crippen molar-refractivity contribution in [3.63, 3.8) is 0 Å². The van der Waals surface area contributed by atoms with Crippen molar-refractivity contribution in [2.45, 2.75) is 25.3 Å². The third-order valence-electron chi connectivity index (χ3n) is 3.90. The van der Waals surface area contributed by atoms with Gasteiger partial charge in [0.15, 0.2) is 0 Å². The summed E-state index contributed by atoms with van der Waals surface area (Å²) in [7, 11) is 0. The molecule has 2 aliphatic rings. The predicted octanol–water partition coefficient (Wildman–Crippen LogP) is 3.40. The van der Waals surface area contributed by atoms with Crippen molar-refractivity contribution in [3.05, 3.63) is 29.8 Å². The summed E-state index contributed by atoms with van der Waals surface area (Å²) in [6, 6.07) is 8.34. The molecule has 1 saturated carbocycles. The van der Waals surface area contributed by atoms with E-state index in [1.54, 1.807) is 0 Å². The van der Waals surface area contributed by atoms with Gasteiger partial charge in [0.25, 0.3) is 0 Å². The zero-order valence-corrected chi connectivity index (χ0v) is 11.6. The highest BCUT2D eigenvalue weighted by Crippen LogP contribution is 2.62. The van der Waals surface area contributed by atoms with Crippen molar-refractivity contribution >= 4 is 28.5 Å². The number of hydrogen-bond acceptors (Lipinski definition) is 2. The maximum absolute atomic E-state index is 5.86. The molecule has 1 aromatic rings. The van der Waals surface area contributed by atoms with Crippen LogP contribution in [-0.2, 0) is 0 Å². The van der Waals surface area contributed by atoms with Gasteiger partial charge in [-0.1, -0.05) is 47.7 Å². The molecule has 0 aromatic heterocycles. The highest BCUT2D eigenvalue weighted by Gasteiger charge is 2.61. The quantitative estimate of drug-likeness (QED) is 0.572. The van der Waals surface area contributed by atoms with E-state index in [1.165, 1.54) is 5.56 Å². The summed E-state index contributed by atoms with van der Waals surface area (Å²) in [5.41, 5.74) is 1.38. The molecule has 0 bridgehead atoms. The standard InChI is InChI=1S/C13H14INO/c1-8-12-9-5-3-4-6-10(9)16-11(7-14)15-13(8,12)2/h3-6,8,12H,7H2,1-2H3. The van der Waals surface area contributed by atoms with Gasteiger partial charge in [-0.2, -0.15) is 0 Å². The van der Waals surface area contributed by atoms with Gasteiger partial charge in [-0.15, -0.1) is 0 Å². The molecule has 0 amide bonds. The highest BCUT2D eigenvalue weighted by molar-refractivity contribution is 14.1. The van der Waals surface area contributed by atoms with Gasteiger partial charge in [0.1, 0.15) is 5.75 Å². The summed E-state index contributed by atoms with van der Waals surface area (Å²) < 4.78 is 6.70. The Bertz CT molecular complexity index is 471. The van der Waals surface area contributed by atoms with E-state index >= 15 is 0 Å². The lowest BCUT2D eigenvalue weighted by molar-refractivity contribution is 0.533. The Morgan fingerprint density at radius 3 is 2.94 bits per heavy atom. The van der Waals surface area contributed by atoms with E-state index in [0.29, 0.717) is 11.8 Å². The van der Waals surface area contributed by atoms with E-state index < -0.39 is 0 Å². The summed E-state index contributed by atoms with van der Waals surface area (Å²) in [5.74, 6) is 3.01. The van der Waals surface area contributed by atoms with E-state index in [4.69, 9.17) is 9.73 Å². The average molecular weight is 327 g/mol. The fraction of sp³-hybridized carbons (Fsp3) is 0.462. The minimum absolute atomic E-state index is 0.0626. The topological polar surface area (TPSA) is 21.6 Å². The van der Waals surface area contributed by atoms with Crippen LogP contribution in [0.15, 0.2) is 29.3 Å². The smallest absolute Gasteiger partial charge is 0.200 e. The van der Waals surface area contributed by atoms with Crippen LogP contribution in [0.2, 0.25) is 0 Å². The van der Waals surface area contributed by atoms with Gasteiger partial charge in [-0.05, 0) is 18.9 Å². The summed E-state index contributed by atoms with van der Waals surface area (Å²) >= 11 is 2.31. The van der Waals surface area contributed by atoms with E-state index in [-0.39, 0.29) is 5.54 Å². The van der Waals surface area contributed by atoms with Crippen molar-refractivity contribution in [2.75, 3.05) is 4.43 Å². The maximum Gasteiger partial charge on any atom is 0.200 e. The van der Waals surface area contributed by atoms with Crippen molar-refractivity contribution in [3.8, 4) is 5.75 Å². The number of fused-ring (bicyclic) bond motifs is 3. The van der Waals surface area contributed by atoms with Crippen LogP contribution >= 0.6 is 22.6 Å². The average Bonchev–Trinajstić information content (AvgIpc) is 2.85. The van der Waals surface area contributed by atoms with Crippen LogP contribution in [0.1, 0.15) is 25.3 Å². The number of nitrogens with zero attached hydrogens (tertiary/aromatic N) is 1. The second kappa shape index (κ2) is 3.45. The predicted molar refractivity (Wildman–Crippen MR) is 73.7 cm³/mol. The Labute approximate surface area is 109 Å². The minimum Gasteiger partial charge on any atom is -0.442 e. The number of hydrogen-bond donors (Lipinski definition) is 0. The highest BCUT2D eigenvalue weighted by atomic mass is 127. The zero-order valence-electron chi connectivity index (χ0n) is 9.40. The fourth-order valence-corrected chi connectivity index (χ4v) is 3.10. The normalized spacial score (nSPS) is 35.3. The molecule has 0 saturated heterocycles. The Balaban J connectivity index is 2.13. The lowest BCUT2D eigenvalue weighted by atomic mass is 10.1. The SMILES string of the molecule is CC1C2c3ccccc3OC(CI)=NC12C. The monoisotopic (exact) mass is 327 g/mol. The molecule has 0 spiro atoms. The molecule has 1 heterocycles. The summed E-state index contributed by atoms with van der Waals surface area (Å²) in [4.78, 5) is 4.78. The Morgan fingerprint density at radius 2 is 2.19 bits per heavy atom. The second-order valence-corrected chi connectivity index (χ2v) is 5.53. The van der Waals surface area contributed by atoms with Crippen LogP contribution in [0.4, 0.5) is 0 Å². The van der Waals surface area contributed by atoms with Gasteiger partial charge in [0, 0.05) is 11.5 Å². The van der Waals surface area contributed by atoms with Gasteiger partial charge in [0.05, 0.1) is 9.97 Å². The molecular formula is C13H14INO. The van der Waals surface area contributed by atoms with Crippen LogP contribution < -0.4 is 4.74 Å². The number of rotatable bonds is 1. The first-order chi connectivity index (χ1) is 7.66. The third kappa shape index (κ3) is 1.33. The second-order valence-electron chi connectivity index (χ2n) is 4.77. The first kappa shape index (κ1) is 10.6. The Kier molecular flexibility index (Phi) is 2.28. The van der Waals surface area contributed by atoms with E-state index in [0.717, 1.165) is 16.1 Å². The van der Waals surface area contributed by atoms with Gasteiger partial charge < -0.3 is 4.74 Å². The fourth-order valence-electron chi connectivity index (χ4n) is 2.77. The third-order valence-corrected chi connectivity index (χ3v) is 4.56. The first-order valence-electron chi connectivity index (χ1n) is 5.58. The molecule has 1 aliphatic carbocycles. The van der Waals surface area contributed by atoms with E-state index in [9.17, 15) is 0 Å². The lowest BCUT2D eigenvalue weighted by Gasteiger charge is -2.09. The van der Waals surface area contributed by atoms with Crippen LogP contribution in [0.3, 0.4) is 0 Å². The van der Waals surface area contributed by atoms with Crippen LogP contribution in [0.5, 0.6) is 5.75 Å². The number of halogens is 1. The number of para-hydroxylation sites is 1. The zero-order chi connectivity index (χ0) is 11.3. The molecule has 3 heteroatoms. The van der Waals surface area contributed by atoms with E-state index in [1.807, 2.05) is 12.1 Å². The van der Waals surface area contributed by atoms with Crippen molar-refractivity contribution in [2.24, 2.45) is 10.9 Å². The molecule has 0 radical (unpaired) electrons. The maximum atomic E-state index is 5.86. The summed E-state index contributed by atoms with van der Waals surface area (Å²) in [5, 5.41) is 0. The van der Waals surface area contributed by atoms with Gasteiger partial charge in [-0.25, -0.2) is 4.99 Å². The lowest BCUT2D eigenvalue weighted by Crippen LogP contribution is -2.14. The molecule has 2 nitrogen and oxygen atoms in total. The number of benzene rings is 1.